The summed E-state index contributed by atoms with van der Waals surface area (Å²) in [4.78, 5) is 16.5. The molecule has 0 aliphatic carbocycles. The predicted octanol–water partition coefficient (Wildman–Crippen LogP) is -0.298. The van der Waals surface area contributed by atoms with E-state index in [0.29, 0.717) is 39.3 Å². The van der Waals surface area contributed by atoms with Crippen LogP contribution in [-0.4, -0.2) is 67.6 Å². The van der Waals surface area contributed by atoms with Gasteiger partial charge in [0, 0.05) is 38.6 Å². The van der Waals surface area contributed by atoms with Crippen LogP contribution in [0.15, 0.2) is 24.5 Å². The monoisotopic (exact) mass is 313 g/mol. The summed E-state index contributed by atoms with van der Waals surface area (Å²) in [5.41, 5.74) is 0.869. The zero-order valence-electron chi connectivity index (χ0n) is 11.7. The molecule has 0 spiro atoms. The molecule has 2 rings (SSSR count). The Hall–Kier alpha value is -1.51. The molecule has 0 atom stereocenters. The highest BCUT2D eigenvalue weighted by Crippen LogP contribution is 2.07. The molecule has 8 heteroatoms. The molecular weight excluding hydrogens is 294 g/mol. The summed E-state index contributed by atoms with van der Waals surface area (Å²) >= 11 is 0. The lowest BCUT2D eigenvalue weighted by atomic mass is 10.3. The topological polar surface area (TPSA) is 79.8 Å². The van der Waals surface area contributed by atoms with Gasteiger partial charge < -0.3 is 9.64 Å². The zero-order valence-corrected chi connectivity index (χ0v) is 12.5. The number of hydrogen-bond acceptors (Lipinski definition) is 5. The van der Waals surface area contributed by atoms with Crippen LogP contribution in [-0.2, 0) is 26.1 Å². The van der Waals surface area contributed by atoms with Crippen molar-refractivity contribution in [2.75, 3.05) is 38.6 Å². The number of nitrogens with zero attached hydrogens (tertiary/aromatic N) is 3. The lowest BCUT2D eigenvalue weighted by Crippen LogP contribution is -2.43. The first-order chi connectivity index (χ1) is 10.1. The highest BCUT2D eigenvalue weighted by molar-refractivity contribution is 7.89. The number of carbonyl (C=O) groups excluding carboxylic acids is 1. The third kappa shape index (κ3) is 4.76. The van der Waals surface area contributed by atoms with Gasteiger partial charge in [-0.2, -0.15) is 4.31 Å². The van der Waals surface area contributed by atoms with Crippen molar-refractivity contribution in [2.24, 2.45) is 0 Å². The van der Waals surface area contributed by atoms with Gasteiger partial charge in [-0.25, -0.2) is 8.42 Å². The van der Waals surface area contributed by atoms with Crippen LogP contribution in [0.5, 0.6) is 0 Å². The summed E-state index contributed by atoms with van der Waals surface area (Å²) in [5, 5.41) is 0. The van der Waals surface area contributed by atoms with Gasteiger partial charge in [0.15, 0.2) is 0 Å². The summed E-state index contributed by atoms with van der Waals surface area (Å²) in [7, 11) is -3.34. The van der Waals surface area contributed by atoms with Crippen molar-refractivity contribution in [1.82, 2.24) is 14.2 Å². The summed E-state index contributed by atoms with van der Waals surface area (Å²) in [5.74, 6) is -0.0774. The zero-order chi connectivity index (χ0) is 15.1. The third-order valence-corrected chi connectivity index (χ3v) is 5.11. The molecule has 1 fully saturated rings. The van der Waals surface area contributed by atoms with E-state index in [1.807, 2.05) is 6.07 Å². The number of pyridine rings is 1. The molecule has 1 saturated heterocycles. The second-order valence-electron chi connectivity index (χ2n) is 4.76. The lowest BCUT2D eigenvalue weighted by molar-refractivity contribution is -0.118. The van der Waals surface area contributed by atoms with Crippen molar-refractivity contribution in [1.29, 1.82) is 0 Å². The Kier molecular flexibility index (Phi) is 5.66. The highest BCUT2D eigenvalue weighted by atomic mass is 32.2. The first kappa shape index (κ1) is 15.9. The first-order valence-electron chi connectivity index (χ1n) is 6.75. The van der Waals surface area contributed by atoms with Gasteiger partial charge in [0.1, 0.15) is 0 Å². The van der Waals surface area contributed by atoms with E-state index in [-0.39, 0.29) is 12.3 Å². The standard InChI is InChI=1S/C13H19N3O4S/c17-12-15(11-13-2-1-3-14-10-13)6-9-21(18,19)16-4-7-20-8-5-16/h1-3,10,12H,4-9,11H2. The van der Waals surface area contributed by atoms with Gasteiger partial charge in [-0.05, 0) is 11.6 Å². The van der Waals surface area contributed by atoms with Crippen LogP contribution < -0.4 is 0 Å². The molecule has 0 unspecified atom stereocenters. The Morgan fingerprint density at radius 1 is 1.38 bits per heavy atom. The van der Waals surface area contributed by atoms with Crippen LogP contribution in [0.4, 0.5) is 0 Å². The quantitative estimate of drug-likeness (QED) is 0.646. The molecule has 1 amide bonds. The fourth-order valence-corrected chi connectivity index (χ4v) is 3.51. The summed E-state index contributed by atoms with van der Waals surface area (Å²) < 4.78 is 30.9. The van der Waals surface area contributed by atoms with E-state index < -0.39 is 10.0 Å². The second kappa shape index (κ2) is 7.48. The minimum atomic E-state index is -3.34. The van der Waals surface area contributed by atoms with E-state index >= 15 is 0 Å². The molecule has 1 aliphatic rings. The molecule has 21 heavy (non-hydrogen) atoms. The lowest BCUT2D eigenvalue weighted by Gasteiger charge is -2.27. The summed E-state index contributed by atoms with van der Waals surface area (Å²) in [6.45, 7) is 2.13. The van der Waals surface area contributed by atoms with Crippen LogP contribution in [0, 0.1) is 0 Å². The molecule has 0 bridgehead atoms. The van der Waals surface area contributed by atoms with E-state index in [9.17, 15) is 13.2 Å². The van der Waals surface area contributed by atoms with Crippen LogP contribution in [0.2, 0.25) is 0 Å². The fraction of sp³-hybridized carbons (Fsp3) is 0.538. The second-order valence-corrected chi connectivity index (χ2v) is 6.85. The Labute approximate surface area is 124 Å². The van der Waals surface area contributed by atoms with Gasteiger partial charge >= 0.3 is 0 Å². The average Bonchev–Trinajstić information content (AvgIpc) is 2.53. The van der Waals surface area contributed by atoms with Gasteiger partial charge in [-0.1, -0.05) is 6.07 Å². The minimum absolute atomic E-state index is 0.0774. The molecule has 1 aliphatic heterocycles. The van der Waals surface area contributed by atoms with E-state index in [2.05, 4.69) is 4.98 Å². The summed E-state index contributed by atoms with van der Waals surface area (Å²) in [6.07, 6.45) is 3.98. The minimum Gasteiger partial charge on any atom is -0.379 e. The van der Waals surface area contributed by atoms with E-state index in [4.69, 9.17) is 4.74 Å². The number of ether oxygens (including phenoxy) is 1. The summed E-state index contributed by atoms with van der Waals surface area (Å²) in [6, 6.07) is 3.63. The van der Waals surface area contributed by atoms with Gasteiger partial charge in [0.05, 0.1) is 19.0 Å². The Bertz CT molecular complexity index is 544. The number of hydrogen-bond donors (Lipinski definition) is 0. The van der Waals surface area contributed by atoms with Crippen LogP contribution >= 0.6 is 0 Å². The smallest absolute Gasteiger partial charge is 0.216 e. The van der Waals surface area contributed by atoms with Crippen molar-refractivity contribution >= 4 is 16.4 Å². The molecule has 0 radical (unpaired) electrons. The molecule has 0 N–H and O–H groups in total. The van der Waals surface area contributed by atoms with Gasteiger partial charge in [0.2, 0.25) is 16.4 Å². The van der Waals surface area contributed by atoms with Gasteiger partial charge in [0.25, 0.3) is 0 Å². The van der Waals surface area contributed by atoms with Crippen molar-refractivity contribution in [2.45, 2.75) is 6.54 Å². The maximum atomic E-state index is 12.2. The Morgan fingerprint density at radius 2 is 2.14 bits per heavy atom. The number of rotatable bonds is 7. The van der Waals surface area contributed by atoms with Crippen LogP contribution in [0.1, 0.15) is 5.56 Å². The fourth-order valence-electron chi connectivity index (χ4n) is 2.08. The largest absolute Gasteiger partial charge is 0.379 e. The third-order valence-electron chi connectivity index (χ3n) is 3.26. The van der Waals surface area contributed by atoms with Gasteiger partial charge in [-0.15, -0.1) is 0 Å². The van der Waals surface area contributed by atoms with E-state index in [1.54, 1.807) is 18.5 Å². The molecule has 7 nitrogen and oxygen atoms in total. The van der Waals surface area contributed by atoms with E-state index in [0.717, 1.165) is 5.56 Å². The number of aromatic nitrogens is 1. The molecule has 1 aromatic rings. The van der Waals surface area contributed by atoms with Crippen molar-refractivity contribution in [3.63, 3.8) is 0 Å². The van der Waals surface area contributed by atoms with Crippen LogP contribution in [0.25, 0.3) is 0 Å². The molecule has 0 aromatic carbocycles. The maximum absolute atomic E-state index is 12.2. The van der Waals surface area contributed by atoms with Crippen molar-refractivity contribution in [3.8, 4) is 0 Å². The number of morpholine rings is 1. The van der Waals surface area contributed by atoms with Crippen molar-refractivity contribution < 1.29 is 17.9 Å². The molecule has 0 saturated carbocycles. The highest BCUT2D eigenvalue weighted by Gasteiger charge is 2.24. The number of amides is 1. The molecule has 2 heterocycles. The molecular formula is C13H19N3O4S. The molecule has 1 aromatic heterocycles. The molecule has 116 valence electrons. The van der Waals surface area contributed by atoms with Crippen molar-refractivity contribution in [3.05, 3.63) is 30.1 Å². The number of carbonyl (C=O) groups is 1. The number of sulfonamides is 1. The maximum Gasteiger partial charge on any atom is 0.216 e. The predicted molar refractivity (Wildman–Crippen MR) is 76.9 cm³/mol. The van der Waals surface area contributed by atoms with E-state index in [1.165, 1.54) is 9.21 Å². The van der Waals surface area contributed by atoms with Gasteiger partial charge in [-0.3, -0.25) is 9.78 Å². The Balaban J connectivity index is 1.88. The SMILES string of the molecule is O=CN(CCS(=O)(=O)N1CCOCC1)Cc1cccnc1. The Morgan fingerprint density at radius 3 is 2.76 bits per heavy atom. The average molecular weight is 313 g/mol. The first-order valence-corrected chi connectivity index (χ1v) is 8.36. The van der Waals surface area contributed by atoms with Crippen LogP contribution in [0.3, 0.4) is 0 Å². The normalized spacial score (nSPS) is 16.6.